The highest BCUT2D eigenvalue weighted by atomic mass is 32.2. The van der Waals surface area contributed by atoms with Gasteiger partial charge < -0.3 is 9.47 Å². The van der Waals surface area contributed by atoms with Crippen LogP contribution in [0.2, 0.25) is 0 Å². The molecule has 3 heterocycles. The topological polar surface area (TPSA) is 69.9 Å². The van der Waals surface area contributed by atoms with Crippen molar-refractivity contribution < 1.29 is 14.3 Å². The third-order valence-electron chi connectivity index (χ3n) is 4.84. The lowest BCUT2D eigenvalue weighted by Gasteiger charge is -2.12. The van der Waals surface area contributed by atoms with Crippen LogP contribution in [0, 0.1) is 6.92 Å². The van der Waals surface area contributed by atoms with Crippen molar-refractivity contribution >= 4 is 23.4 Å². The van der Waals surface area contributed by atoms with Crippen LogP contribution in [0.25, 0.3) is 5.65 Å². The molecule has 1 aliphatic heterocycles. The monoisotopic (exact) mass is 410 g/mol. The third kappa shape index (κ3) is 4.52. The van der Waals surface area contributed by atoms with Crippen LogP contribution >= 0.6 is 11.8 Å². The molecule has 0 N–H and O–H groups in total. The van der Waals surface area contributed by atoms with E-state index in [1.165, 1.54) is 10.5 Å². The van der Waals surface area contributed by atoms with Gasteiger partial charge in [0.2, 0.25) is 0 Å². The maximum absolute atomic E-state index is 12.7. The molecule has 0 aliphatic carbocycles. The second-order valence-corrected chi connectivity index (χ2v) is 8.03. The van der Waals surface area contributed by atoms with Crippen LogP contribution in [0.5, 0.6) is 0 Å². The fraction of sp³-hybridized carbons (Fsp3) is 0.318. The molecule has 29 heavy (non-hydrogen) atoms. The number of pyridine rings is 1. The number of carbonyl (C=O) groups excluding carboxylic acids is 1. The zero-order valence-corrected chi connectivity index (χ0v) is 17.0. The van der Waals surface area contributed by atoms with Crippen LogP contribution in [0.15, 0.2) is 58.2 Å². The quantitative estimate of drug-likeness (QED) is 0.457. The van der Waals surface area contributed by atoms with Crippen molar-refractivity contribution in [2.45, 2.75) is 37.4 Å². The summed E-state index contributed by atoms with van der Waals surface area (Å²) in [5.74, 6) is 0.388. The summed E-state index contributed by atoms with van der Waals surface area (Å²) < 4.78 is 12.7. The third-order valence-corrected chi connectivity index (χ3v) is 6.05. The number of benzene rings is 1. The van der Waals surface area contributed by atoms with Gasteiger partial charge >= 0.3 is 5.97 Å². The van der Waals surface area contributed by atoms with E-state index in [2.05, 4.69) is 4.98 Å². The summed E-state index contributed by atoms with van der Waals surface area (Å²) in [6.45, 7) is 2.61. The normalized spacial score (nSPS) is 16.2. The zero-order chi connectivity index (χ0) is 20.2. The minimum atomic E-state index is -0.424. The van der Waals surface area contributed by atoms with Crippen molar-refractivity contribution in [3.63, 3.8) is 0 Å². The van der Waals surface area contributed by atoms with Gasteiger partial charge in [0, 0.05) is 29.0 Å². The summed E-state index contributed by atoms with van der Waals surface area (Å²) in [6.07, 6.45) is 2.39. The number of rotatable bonds is 6. The molecule has 0 radical (unpaired) electrons. The molecule has 150 valence electrons. The first kappa shape index (κ1) is 19.7. The standard InChI is InChI=1S/C22H22N2O4S/c1-15-6-4-10-20-23-16(12-21(25)24(15)20)13-28-22(26)18-8-2-3-9-19(18)29-14-17-7-5-11-27-17/h2-4,6,8-10,12,17H,5,7,11,13-14H2,1H3/t17-/m1/s1. The Hall–Kier alpha value is -2.64. The predicted octanol–water partition coefficient (Wildman–Crippen LogP) is 3.63. The minimum Gasteiger partial charge on any atom is -0.456 e. The number of carbonyl (C=O) groups is 1. The molecular formula is C22H22N2O4S. The lowest BCUT2D eigenvalue weighted by molar-refractivity contribution is 0.0463. The Morgan fingerprint density at radius 2 is 2.14 bits per heavy atom. The van der Waals surface area contributed by atoms with E-state index in [9.17, 15) is 9.59 Å². The lowest BCUT2D eigenvalue weighted by atomic mass is 10.2. The smallest absolute Gasteiger partial charge is 0.339 e. The molecule has 1 aromatic carbocycles. The molecule has 4 rings (SSSR count). The van der Waals surface area contributed by atoms with Crippen molar-refractivity contribution in [2.75, 3.05) is 12.4 Å². The van der Waals surface area contributed by atoms with Crippen LogP contribution in [0.4, 0.5) is 0 Å². The number of aromatic nitrogens is 2. The van der Waals surface area contributed by atoms with Crippen molar-refractivity contribution in [1.82, 2.24) is 9.38 Å². The molecule has 1 aliphatic rings. The number of fused-ring (bicyclic) bond motifs is 1. The van der Waals surface area contributed by atoms with Gasteiger partial charge in [-0.3, -0.25) is 9.20 Å². The Kier molecular flexibility index (Phi) is 5.97. The zero-order valence-electron chi connectivity index (χ0n) is 16.2. The number of ether oxygens (including phenoxy) is 2. The van der Waals surface area contributed by atoms with Gasteiger partial charge in [-0.15, -0.1) is 11.8 Å². The maximum Gasteiger partial charge on any atom is 0.339 e. The fourth-order valence-corrected chi connectivity index (χ4v) is 4.48. The second-order valence-electron chi connectivity index (χ2n) is 6.96. The number of hydrogen-bond donors (Lipinski definition) is 0. The molecule has 0 unspecified atom stereocenters. The van der Waals surface area contributed by atoms with E-state index >= 15 is 0 Å². The first-order valence-corrected chi connectivity index (χ1v) is 10.6. The van der Waals surface area contributed by atoms with Crippen LogP contribution in [-0.4, -0.2) is 33.8 Å². The highest BCUT2D eigenvalue weighted by Gasteiger charge is 2.18. The molecule has 0 bridgehead atoms. The Balaban J connectivity index is 1.46. The Bertz CT molecular complexity index is 1090. The average molecular weight is 410 g/mol. The second kappa shape index (κ2) is 8.80. The van der Waals surface area contributed by atoms with Gasteiger partial charge in [-0.25, -0.2) is 9.78 Å². The fourth-order valence-electron chi connectivity index (χ4n) is 3.37. The molecule has 1 saturated heterocycles. The highest BCUT2D eigenvalue weighted by Crippen LogP contribution is 2.27. The van der Waals surface area contributed by atoms with Crippen molar-refractivity contribution in [2.24, 2.45) is 0 Å². The summed E-state index contributed by atoms with van der Waals surface area (Å²) in [6, 6.07) is 14.3. The minimum absolute atomic E-state index is 0.0523. The van der Waals surface area contributed by atoms with Crippen molar-refractivity contribution in [1.29, 1.82) is 0 Å². The van der Waals surface area contributed by atoms with E-state index in [0.29, 0.717) is 16.9 Å². The number of nitrogens with zero attached hydrogens (tertiary/aromatic N) is 2. The molecule has 6 nitrogen and oxygen atoms in total. The van der Waals surface area contributed by atoms with Crippen LogP contribution < -0.4 is 5.56 Å². The first-order chi connectivity index (χ1) is 14.1. The van der Waals surface area contributed by atoms with Crippen LogP contribution in [-0.2, 0) is 16.1 Å². The highest BCUT2D eigenvalue weighted by molar-refractivity contribution is 7.99. The average Bonchev–Trinajstić information content (AvgIpc) is 3.24. The maximum atomic E-state index is 12.7. The Morgan fingerprint density at radius 1 is 1.28 bits per heavy atom. The SMILES string of the molecule is Cc1cccc2nc(COC(=O)c3ccccc3SC[C@H]3CCCO3)cc(=O)n12. The molecule has 1 atom stereocenters. The molecule has 1 fully saturated rings. The molecule has 7 heteroatoms. The molecule has 3 aromatic rings. The van der Waals surface area contributed by atoms with E-state index in [1.54, 1.807) is 23.9 Å². The number of aryl methyl sites for hydroxylation is 1. The first-order valence-electron chi connectivity index (χ1n) is 9.61. The molecule has 0 spiro atoms. The number of thioether (sulfide) groups is 1. The van der Waals surface area contributed by atoms with Crippen LogP contribution in [0.1, 0.15) is 34.6 Å². The Labute approximate surface area is 172 Å². The van der Waals surface area contributed by atoms with Crippen molar-refractivity contribution in [3.8, 4) is 0 Å². The largest absolute Gasteiger partial charge is 0.456 e. The van der Waals surface area contributed by atoms with Crippen LogP contribution in [0.3, 0.4) is 0 Å². The predicted molar refractivity (Wildman–Crippen MR) is 111 cm³/mol. The van der Waals surface area contributed by atoms with Gasteiger partial charge in [-0.1, -0.05) is 18.2 Å². The molecule has 0 saturated carbocycles. The number of hydrogen-bond acceptors (Lipinski definition) is 6. The van der Waals surface area contributed by atoms with Gasteiger partial charge in [-0.05, 0) is 44.0 Å². The van der Waals surface area contributed by atoms with E-state index < -0.39 is 5.97 Å². The summed E-state index contributed by atoms with van der Waals surface area (Å²) in [7, 11) is 0. The summed E-state index contributed by atoms with van der Waals surface area (Å²) >= 11 is 1.61. The van der Waals surface area contributed by atoms with E-state index in [1.807, 2.05) is 37.3 Å². The molecule has 0 amide bonds. The number of esters is 1. The summed E-state index contributed by atoms with van der Waals surface area (Å²) in [5, 5.41) is 0. The van der Waals surface area contributed by atoms with Gasteiger partial charge in [0.15, 0.2) is 0 Å². The Morgan fingerprint density at radius 3 is 2.97 bits per heavy atom. The van der Waals surface area contributed by atoms with Gasteiger partial charge in [0.25, 0.3) is 5.56 Å². The van der Waals surface area contributed by atoms with E-state index in [0.717, 1.165) is 35.8 Å². The van der Waals surface area contributed by atoms with Gasteiger partial charge in [0.1, 0.15) is 12.3 Å². The molecule has 2 aromatic heterocycles. The van der Waals surface area contributed by atoms with Crippen molar-refractivity contribution in [3.05, 3.63) is 75.8 Å². The molecular weight excluding hydrogens is 388 g/mol. The lowest BCUT2D eigenvalue weighted by Crippen LogP contribution is -2.18. The summed E-state index contributed by atoms with van der Waals surface area (Å²) in [5.41, 5.74) is 2.10. The van der Waals surface area contributed by atoms with E-state index in [4.69, 9.17) is 9.47 Å². The van der Waals surface area contributed by atoms with Gasteiger partial charge in [-0.2, -0.15) is 0 Å². The van der Waals surface area contributed by atoms with Gasteiger partial charge in [0.05, 0.1) is 17.4 Å². The van der Waals surface area contributed by atoms with E-state index in [-0.39, 0.29) is 18.3 Å². The summed E-state index contributed by atoms with van der Waals surface area (Å²) in [4.78, 5) is 30.3.